The van der Waals surface area contributed by atoms with E-state index in [1.54, 1.807) is 25.3 Å². The van der Waals surface area contributed by atoms with Gasteiger partial charge < -0.3 is 19.7 Å². The lowest BCUT2D eigenvalue weighted by Gasteiger charge is -2.33. The molecule has 1 aliphatic rings. The van der Waals surface area contributed by atoms with Gasteiger partial charge in [0.1, 0.15) is 24.2 Å². The molecule has 1 heterocycles. The number of carbonyl (C=O) groups excluding carboxylic acids is 2. The molecule has 2 amide bonds. The van der Waals surface area contributed by atoms with E-state index >= 15 is 0 Å². The topological polar surface area (TPSA) is 111 Å². The minimum atomic E-state index is -1.06. The maximum absolute atomic E-state index is 14.4. The molecule has 1 atom stereocenters. The Morgan fingerprint density at radius 3 is 2.42 bits per heavy atom. The van der Waals surface area contributed by atoms with Crippen LogP contribution in [0.1, 0.15) is 49.3 Å². The minimum Gasteiger partial charge on any atom is -0.493 e. The molecule has 45 heavy (non-hydrogen) atoms. The molecule has 0 aliphatic heterocycles. The fraction of sp³-hybridized carbons (Fsp3) is 0.364. The Hall–Kier alpha value is -4.87. The average molecular weight is 619 g/mol. The van der Waals surface area contributed by atoms with Gasteiger partial charge in [0, 0.05) is 12.6 Å². The zero-order valence-corrected chi connectivity index (χ0v) is 25.3. The first kappa shape index (κ1) is 31.6. The highest BCUT2D eigenvalue weighted by molar-refractivity contribution is 5.89. The molecule has 236 valence electrons. The molecule has 10 nitrogen and oxygen atoms in total. The Bertz CT molecular complexity index is 1610. The SMILES string of the molecule is COc1ccc(CCN(C(=O)Cn2nnc(-c3ccccc3F)n2)[C@H](C(=O)NC2CCCCC2)c2ccc(F)cc2)cc1OC. The van der Waals surface area contributed by atoms with Crippen molar-refractivity contribution in [2.45, 2.75) is 57.2 Å². The third kappa shape index (κ3) is 7.81. The van der Waals surface area contributed by atoms with Crippen LogP contribution in [0.3, 0.4) is 0 Å². The van der Waals surface area contributed by atoms with Gasteiger partial charge in [-0.1, -0.05) is 49.6 Å². The predicted molar refractivity (Wildman–Crippen MR) is 162 cm³/mol. The molecule has 0 spiro atoms. The third-order valence-corrected chi connectivity index (χ3v) is 7.95. The Morgan fingerprint density at radius 1 is 0.978 bits per heavy atom. The molecular formula is C33H36F2N6O4. The van der Waals surface area contributed by atoms with Gasteiger partial charge in [-0.05, 0) is 72.0 Å². The van der Waals surface area contributed by atoms with Gasteiger partial charge in [-0.3, -0.25) is 9.59 Å². The Morgan fingerprint density at radius 2 is 1.71 bits per heavy atom. The molecule has 0 bridgehead atoms. The summed E-state index contributed by atoms with van der Waals surface area (Å²) in [6, 6.07) is 16.0. The number of rotatable bonds is 12. The van der Waals surface area contributed by atoms with Crippen LogP contribution in [-0.4, -0.2) is 63.7 Å². The number of nitrogens with zero attached hydrogens (tertiary/aromatic N) is 5. The average Bonchev–Trinajstić information content (AvgIpc) is 3.52. The van der Waals surface area contributed by atoms with E-state index in [1.807, 2.05) is 12.1 Å². The molecular weight excluding hydrogens is 582 g/mol. The van der Waals surface area contributed by atoms with Crippen molar-refractivity contribution in [2.75, 3.05) is 20.8 Å². The lowest BCUT2D eigenvalue weighted by Crippen LogP contribution is -2.48. The Balaban J connectivity index is 1.46. The fourth-order valence-electron chi connectivity index (χ4n) is 5.60. The quantitative estimate of drug-likeness (QED) is 0.241. The van der Waals surface area contributed by atoms with E-state index in [1.165, 1.54) is 48.4 Å². The van der Waals surface area contributed by atoms with Gasteiger partial charge in [0.15, 0.2) is 11.5 Å². The number of methoxy groups -OCH3 is 2. The summed E-state index contributed by atoms with van der Waals surface area (Å²) in [6.45, 7) is -0.231. The highest BCUT2D eigenvalue weighted by atomic mass is 19.1. The summed E-state index contributed by atoms with van der Waals surface area (Å²) in [5.74, 6) is -0.674. The molecule has 1 aliphatic carbocycles. The molecule has 0 unspecified atom stereocenters. The number of halogens is 2. The third-order valence-electron chi connectivity index (χ3n) is 7.95. The number of amides is 2. The second-order valence-corrected chi connectivity index (χ2v) is 10.9. The van der Waals surface area contributed by atoms with Crippen LogP contribution < -0.4 is 14.8 Å². The molecule has 1 fully saturated rings. The van der Waals surface area contributed by atoms with E-state index in [0.717, 1.165) is 42.5 Å². The van der Waals surface area contributed by atoms with Crippen LogP contribution >= 0.6 is 0 Å². The Labute approximate surface area is 260 Å². The van der Waals surface area contributed by atoms with E-state index in [-0.39, 0.29) is 36.4 Å². The summed E-state index contributed by atoms with van der Waals surface area (Å²) < 4.78 is 39.2. The predicted octanol–water partition coefficient (Wildman–Crippen LogP) is 4.90. The second-order valence-electron chi connectivity index (χ2n) is 10.9. The van der Waals surface area contributed by atoms with Crippen molar-refractivity contribution in [2.24, 2.45) is 0 Å². The van der Waals surface area contributed by atoms with Crippen molar-refractivity contribution in [1.29, 1.82) is 0 Å². The van der Waals surface area contributed by atoms with Crippen molar-refractivity contribution < 1.29 is 27.8 Å². The largest absolute Gasteiger partial charge is 0.493 e. The van der Waals surface area contributed by atoms with Crippen LogP contribution in [0.4, 0.5) is 8.78 Å². The standard InChI is InChI=1S/C33H36F2N6O4/c1-44-28-17-12-22(20-29(28)45-2)18-19-40(30(42)21-41-38-32(37-39-41)26-10-6-7-11-27(26)35)31(23-13-15-24(34)16-14-23)33(43)36-25-8-4-3-5-9-25/h6-7,10-17,20,25,31H,3-5,8-9,18-19,21H2,1-2H3,(H,36,43)/t31-/m0/s1. The number of nitrogens with one attached hydrogen (secondary N) is 1. The van der Waals surface area contributed by atoms with Crippen LogP contribution in [0.5, 0.6) is 11.5 Å². The van der Waals surface area contributed by atoms with Crippen LogP contribution in [0, 0.1) is 11.6 Å². The zero-order valence-electron chi connectivity index (χ0n) is 25.3. The number of tetrazole rings is 1. The van der Waals surface area contributed by atoms with Crippen LogP contribution in [0.2, 0.25) is 0 Å². The fourth-order valence-corrected chi connectivity index (χ4v) is 5.60. The summed E-state index contributed by atoms with van der Waals surface area (Å²) in [6.07, 6.45) is 5.20. The number of ether oxygens (including phenoxy) is 2. The molecule has 4 aromatic rings. The monoisotopic (exact) mass is 618 g/mol. The lowest BCUT2D eigenvalue weighted by atomic mass is 9.94. The first-order valence-electron chi connectivity index (χ1n) is 14.9. The van der Waals surface area contributed by atoms with Gasteiger partial charge in [0.2, 0.25) is 17.6 Å². The van der Waals surface area contributed by atoms with E-state index in [0.29, 0.717) is 23.5 Å². The minimum absolute atomic E-state index is 0.0164. The summed E-state index contributed by atoms with van der Waals surface area (Å²) in [5, 5.41) is 15.3. The summed E-state index contributed by atoms with van der Waals surface area (Å²) in [5.41, 5.74) is 1.46. The Kier molecular flexibility index (Phi) is 10.3. The highest BCUT2D eigenvalue weighted by Gasteiger charge is 2.33. The number of benzene rings is 3. The van der Waals surface area contributed by atoms with Crippen molar-refractivity contribution >= 4 is 11.8 Å². The normalized spacial score (nSPS) is 14.0. The first-order chi connectivity index (χ1) is 21.9. The first-order valence-corrected chi connectivity index (χ1v) is 14.9. The summed E-state index contributed by atoms with van der Waals surface area (Å²) in [7, 11) is 3.09. The van der Waals surface area contributed by atoms with Crippen molar-refractivity contribution in [3.63, 3.8) is 0 Å². The highest BCUT2D eigenvalue weighted by Crippen LogP contribution is 2.29. The van der Waals surface area contributed by atoms with Crippen molar-refractivity contribution in [3.8, 4) is 22.9 Å². The van der Waals surface area contributed by atoms with Gasteiger partial charge in [-0.2, -0.15) is 4.80 Å². The van der Waals surface area contributed by atoms with Gasteiger partial charge >= 0.3 is 0 Å². The maximum atomic E-state index is 14.4. The molecule has 0 saturated heterocycles. The van der Waals surface area contributed by atoms with Gasteiger partial charge in [0.05, 0.1) is 19.8 Å². The van der Waals surface area contributed by atoms with Gasteiger partial charge in [0.25, 0.3) is 0 Å². The van der Waals surface area contributed by atoms with Crippen molar-refractivity contribution in [1.82, 2.24) is 30.4 Å². The lowest BCUT2D eigenvalue weighted by molar-refractivity contribution is -0.142. The number of hydrogen-bond acceptors (Lipinski definition) is 7. The molecule has 12 heteroatoms. The molecule has 1 saturated carbocycles. The van der Waals surface area contributed by atoms with Crippen LogP contribution in [0.25, 0.3) is 11.4 Å². The summed E-state index contributed by atoms with van der Waals surface area (Å²) in [4.78, 5) is 30.6. The number of carbonyl (C=O) groups is 2. The van der Waals surface area contributed by atoms with Gasteiger partial charge in [-0.25, -0.2) is 8.78 Å². The van der Waals surface area contributed by atoms with Crippen LogP contribution in [0.15, 0.2) is 66.7 Å². The molecule has 3 aromatic carbocycles. The van der Waals surface area contributed by atoms with E-state index in [4.69, 9.17) is 9.47 Å². The number of hydrogen-bond donors (Lipinski definition) is 1. The summed E-state index contributed by atoms with van der Waals surface area (Å²) >= 11 is 0. The smallest absolute Gasteiger partial charge is 0.247 e. The zero-order chi connectivity index (χ0) is 31.8. The molecule has 0 radical (unpaired) electrons. The molecule has 1 N–H and O–H groups in total. The maximum Gasteiger partial charge on any atom is 0.247 e. The number of aromatic nitrogens is 4. The second kappa shape index (κ2) is 14.7. The van der Waals surface area contributed by atoms with E-state index in [2.05, 4.69) is 20.7 Å². The van der Waals surface area contributed by atoms with E-state index in [9.17, 15) is 18.4 Å². The van der Waals surface area contributed by atoms with E-state index < -0.39 is 23.6 Å². The molecule has 5 rings (SSSR count). The van der Waals surface area contributed by atoms with Crippen molar-refractivity contribution in [3.05, 3.63) is 89.5 Å². The van der Waals surface area contributed by atoms with Gasteiger partial charge in [-0.15, -0.1) is 10.2 Å². The van der Waals surface area contributed by atoms with Crippen LogP contribution in [-0.2, 0) is 22.6 Å². The molecule has 1 aromatic heterocycles.